The largest absolute Gasteiger partial charge is 0.300 e. The average Bonchev–Trinajstić information content (AvgIpc) is 2.52. The Balaban J connectivity index is -0.000000236. The molecule has 0 bridgehead atoms. The first-order chi connectivity index (χ1) is 10.9. The van der Waals surface area contributed by atoms with Gasteiger partial charge in [0.2, 0.25) is 0 Å². The third-order valence-corrected chi connectivity index (χ3v) is 1.88. The number of ketones is 1. The van der Waals surface area contributed by atoms with Gasteiger partial charge in [-0.2, -0.15) is 0 Å². The van der Waals surface area contributed by atoms with E-state index in [0.29, 0.717) is 0 Å². The number of rotatable bonds is 0. The number of benzene rings is 2. The van der Waals surface area contributed by atoms with Crippen LogP contribution in [0.15, 0.2) is 60.7 Å². The van der Waals surface area contributed by atoms with E-state index in [1.54, 1.807) is 0 Å². The molecule has 0 amide bonds. The summed E-state index contributed by atoms with van der Waals surface area (Å²) < 4.78 is 0. The monoisotopic (exact) mass is 316 g/mol. The molecule has 0 saturated carbocycles. The number of hydrogen-bond donors (Lipinski definition) is 0. The highest BCUT2D eigenvalue weighted by molar-refractivity contribution is 5.72. The molecule has 0 aliphatic heterocycles. The molecule has 0 aliphatic rings. The first kappa shape index (κ1) is 26.0. The van der Waals surface area contributed by atoms with Gasteiger partial charge in [0.1, 0.15) is 5.78 Å². The fraction of sp³-hybridized carbons (Fsp3) is 0.409. The maximum atomic E-state index is 9.44. The van der Waals surface area contributed by atoms with Crippen molar-refractivity contribution >= 4 is 5.78 Å². The summed E-state index contributed by atoms with van der Waals surface area (Å²) in [6.07, 6.45) is 1.25. The lowest BCUT2D eigenvalue weighted by Gasteiger charge is -1.82. The van der Waals surface area contributed by atoms with Crippen LogP contribution in [0.3, 0.4) is 0 Å². The van der Waals surface area contributed by atoms with Gasteiger partial charge in [0.05, 0.1) is 0 Å². The highest BCUT2D eigenvalue weighted by Gasteiger charge is 1.72. The van der Waals surface area contributed by atoms with Gasteiger partial charge in [0.25, 0.3) is 0 Å². The van der Waals surface area contributed by atoms with Crippen molar-refractivity contribution in [3.05, 3.63) is 71.8 Å². The van der Waals surface area contributed by atoms with Gasteiger partial charge in [-0.25, -0.2) is 0 Å². The predicted molar refractivity (Wildman–Crippen MR) is 106 cm³/mol. The summed E-state index contributed by atoms with van der Waals surface area (Å²) in [5, 5.41) is 0. The first-order valence-corrected chi connectivity index (χ1v) is 8.44. The summed E-state index contributed by atoms with van der Waals surface area (Å²) in [5.74, 6) is 0.167. The van der Waals surface area contributed by atoms with E-state index in [9.17, 15) is 4.79 Å². The van der Waals surface area contributed by atoms with E-state index in [4.69, 9.17) is 0 Å². The van der Waals surface area contributed by atoms with Crippen molar-refractivity contribution in [3.8, 4) is 0 Å². The molecule has 2 aromatic rings. The molecule has 0 N–H and O–H groups in total. The molecule has 0 radical (unpaired) electrons. The van der Waals surface area contributed by atoms with Crippen LogP contribution in [0.25, 0.3) is 0 Å². The van der Waals surface area contributed by atoms with Crippen molar-refractivity contribution in [3.63, 3.8) is 0 Å². The zero-order valence-electron chi connectivity index (χ0n) is 16.4. The highest BCUT2D eigenvalue weighted by Crippen LogP contribution is 1.92. The number of hydrogen-bond acceptors (Lipinski definition) is 1. The molecular weight excluding hydrogens is 280 g/mol. The molecule has 1 nitrogen and oxygen atoms in total. The maximum Gasteiger partial charge on any atom is 0.126 e. The Hall–Kier alpha value is -1.89. The second-order valence-corrected chi connectivity index (χ2v) is 4.92. The molecule has 2 aromatic carbocycles. The van der Waals surface area contributed by atoms with Crippen molar-refractivity contribution < 1.29 is 4.79 Å². The van der Waals surface area contributed by atoms with E-state index < -0.39 is 0 Å². The molecule has 0 aromatic heterocycles. The molecular formula is C22H36O. The van der Waals surface area contributed by atoms with E-state index in [2.05, 4.69) is 52.0 Å². The summed E-state index contributed by atoms with van der Waals surface area (Å²) in [6.45, 7) is 15.5. The van der Waals surface area contributed by atoms with Crippen molar-refractivity contribution in [2.24, 2.45) is 0 Å². The highest BCUT2D eigenvalue weighted by atomic mass is 16.1. The number of Topliss-reactive ketones (excluding diaryl/α,β-unsaturated/α-hetero) is 1. The van der Waals surface area contributed by atoms with Crippen LogP contribution in [0.2, 0.25) is 0 Å². The van der Waals surface area contributed by atoms with Crippen LogP contribution < -0.4 is 0 Å². The Bertz CT molecular complexity index is 391. The topological polar surface area (TPSA) is 17.1 Å². The number of carbonyl (C=O) groups excluding carboxylic acids is 1. The predicted octanol–water partition coefficient (Wildman–Crippen LogP) is 7.03. The molecule has 23 heavy (non-hydrogen) atoms. The molecule has 0 spiro atoms. The molecule has 0 unspecified atom stereocenters. The van der Waals surface area contributed by atoms with E-state index in [-0.39, 0.29) is 5.78 Å². The summed E-state index contributed by atoms with van der Waals surface area (Å²) in [7, 11) is 0. The minimum atomic E-state index is 0.167. The van der Waals surface area contributed by atoms with Crippen LogP contribution in [0.5, 0.6) is 0 Å². The van der Waals surface area contributed by atoms with E-state index in [1.807, 2.05) is 50.2 Å². The summed E-state index contributed by atoms with van der Waals surface area (Å²) in [5.41, 5.74) is 2.64. The van der Waals surface area contributed by atoms with Crippen molar-refractivity contribution in [1.29, 1.82) is 0 Å². The van der Waals surface area contributed by atoms with Gasteiger partial charge < -0.3 is 4.79 Å². The molecule has 0 aliphatic carbocycles. The maximum absolute atomic E-state index is 9.44. The average molecular weight is 317 g/mol. The van der Waals surface area contributed by atoms with E-state index in [1.165, 1.54) is 31.4 Å². The van der Waals surface area contributed by atoms with Crippen LogP contribution in [-0.4, -0.2) is 5.78 Å². The molecule has 0 saturated heterocycles. The van der Waals surface area contributed by atoms with Crippen molar-refractivity contribution in [2.45, 2.75) is 61.8 Å². The Morgan fingerprint density at radius 3 is 0.957 bits per heavy atom. The lowest BCUT2D eigenvalue weighted by atomic mass is 10.2. The lowest BCUT2D eigenvalue weighted by molar-refractivity contribution is -0.114. The van der Waals surface area contributed by atoms with Gasteiger partial charge in [0, 0.05) is 0 Å². The number of aryl methyl sites for hydroxylation is 2. The second kappa shape index (κ2) is 22.4. The molecule has 0 fully saturated rings. The third-order valence-electron chi connectivity index (χ3n) is 1.88. The third kappa shape index (κ3) is 33.1. The Morgan fingerprint density at radius 1 is 0.696 bits per heavy atom. The van der Waals surface area contributed by atoms with Gasteiger partial charge in [0.15, 0.2) is 0 Å². The zero-order chi connectivity index (χ0) is 18.5. The van der Waals surface area contributed by atoms with Crippen LogP contribution in [0.1, 0.15) is 59.1 Å². The van der Waals surface area contributed by atoms with Crippen molar-refractivity contribution in [1.82, 2.24) is 0 Å². The summed E-state index contributed by atoms with van der Waals surface area (Å²) in [4.78, 5) is 9.44. The fourth-order valence-corrected chi connectivity index (χ4v) is 1.07. The first-order valence-electron chi connectivity index (χ1n) is 8.44. The quantitative estimate of drug-likeness (QED) is 0.510. The molecule has 0 heterocycles. The normalized spacial score (nSPS) is 7.48. The van der Waals surface area contributed by atoms with Gasteiger partial charge in [-0.3, -0.25) is 0 Å². The van der Waals surface area contributed by atoms with Gasteiger partial charge >= 0.3 is 0 Å². The van der Waals surface area contributed by atoms with Crippen LogP contribution in [-0.2, 0) is 4.79 Å². The molecule has 1 heteroatoms. The second-order valence-electron chi connectivity index (χ2n) is 4.92. The summed E-state index contributed by atoms with van der Waals surface area (Å²) in [6, 6.07) is 20.5. The Morgan fingerprint density at radius 2 is 0.870 bits per heavy atom. The minimum Gasteiger partial charge on any atom is -0.300 e. The lowest BCUT2D eigenvalue weighted by Crippen LogP contribution is -1.69. The zero-order valence-corrected chi connectivity index (χ0v) is 16.4. The molecule has 2 rings (SSSR count). The minimum absolute atomic E-state index is 0.167. The SMILES string of the molecule is CC.CC(C)=O.CCC.Cc1ccccc1.Cc1ccccc1. The van der Waals surface area contributed by atoms with Gasteiger partial charge in [-0.15, -0.1) is 0 Å². The Kier molecular flexibility index (Phi) is 25.3. The number of carbonyl (C=O) groups is 1. The molecule has 0 atom stereocenters. The van der Waals surface area contributed by atoms with Crippen molar-refractivity contribution in [2.75, 3.05) is 0 Å². The van der Waals surface area contributed by atoms with Crippen LogP contribution in [0.4, 0.5) is 0 Å². The standard InChI is InChI=1S/2C7H8.C3H6O.C3H8.C2H6/c2*1-7-5-3-2-4-6-7;1-3(2)4;1-3-2;1-2/h2*2-6H,1H3;1-2H3;3H2,1-2H3;1-2H3. The fourth-order valence-electron chi connectivity index (χ4n) is 1.07. The summed E-state index contributed by atoms with van der Waals surface area (Å²) >= 11 is 0. The molecule has 130 valence electrons. The van der Waals surface area contributed by atoms with Gasteiger partial charge in [-0.05, 0) is 27.7 Å². The van der Waals surface area contributed by atoms with Crippen LogP contribution in [0, 0.1) is 13.8 Å². The van der Waals surface area contributed by atoms with Gasteiger partial charge in [-0.1, -0.05) is 106 Å². The van der Waals surface area contributed by atoms with Crippen LogP contribution >= 0.6 is 0 Å². The smallest absolute Gasteiger partial charge is 0.126 e. The van der Waals surface area contributed by atoms with E-state index in [0.717, 1.165) is 0 Å². The Labute approximate surface area is 144 Å². The van der Waals surface area contributed by atoms with E-state index >= 15 is 0 Å².